The third-order valence-electron chi connectivity index (χ3n) is 4.18. The minimum Gasteiger partial charge on any atom is -0.338 e. The van der Waals surface area contributed by atoms with Crippen molar-refractivity contribution in [2.75, 3.05) is 12.4 Å². The summed E-state index contributed by atoms with van der Waals surface area (Å²) in [5.74, 6) is -1.14. The summed E-state index contributed by atoms with van der Waals surface area (Å²) in [7, 11) is 1.67. The summed E-state index contributed by atoms with van der Waals surface area (Å²) >= 11 is 0. The van der Waals surface area contributed by atoms with E-state index < -0.39 is 5.92 Å². The SMILES string of the molecule is CN1C(=O)C[C@H](C(=O)Nc2ccccc2)[C@@H]1c1ccc(F)cc1. The molecule has 3 rings (SSSR count). The predicted octanol–water partition coefficient (Wildman–Crippen LogP) is 2.98. The van der Waals surface area contributed by atoms with E-state index in [1.165, 1.54) is 12.1 Å². The van der Waals surface area contributed by atoms with Gasteiger partial charge in [-0.25, -0.2) is 4.39 Å². The number of benzene rings is 2. The average molecular weight is 312 g/mol. The summed E-state index contributed by atoms with van der Waals surface area (Å²) in [5.41, 5.74) is 1.45. The summed E-state index contributed by atoms with van der Waals surface area (Å²) in [6.45, 7) is 0. The van der Waals surface area contributed by atoms with Gasteiger partial charge in [-0.05, 0) is 29.8 Å². The van der Waals surface area contributed by atoms with Crippen LogP contribution in [0.3, 0.4) is 0 Å². The summed E-state index contributed by atoms with van der Waals surface area (Å²) in [6.07, 6.45) is 0.150. The van der Waals surface area contributed by atoms with Crippen LogP contribution in [-0.4, -0.2) is 23.8 Å². The lowest BCUT2D eigenvalue weighted by atomic mass is 9.93. The van der Waals surface area contributed by atoms with E-state index in [0.717, 1.165) is 5.56 Å². The molecule has 1 fully saturated rings. The van der Waals surface area contributed by atoms with Crippen molar-refractivity contribution in [2.45, 2.75) is 12.5 Å². The number of rotatable bonds is 3. The Morgan fingerprint density at radius 3 is 2.43 bits per heavy atom. The number of hydrogen-bond acceptors (Lipinski definition) is 2. The average Bonchev–Trinajstić information content (AvgIpc) is 2.85. The number of carbonyl (C=O) groups excluding carboxylic acids is 2. The zero-order chi connectivity index (χ0) is 16.4. The molecule has 2 aromatic rings. The molecule has 0 radical (unpaired) electrons. The number of para-hydroxylation sites is 1. The molecule has 0 spiro atoms. The van der Waals surface area contributed by atoms with Crippen molar-refractivity contribution in [1.82, 2.24) is 4.90 Å². The van der Waals surface area contributed by atoms with Gasteiger partial charge in [0.05, 0.1) is 12.0 Å². The van der Waals surface area contributed by atoms with Gasteiger partial charge in [-0.15, -0.1) is 0 Å². The lowest BCUT2D eigenvalue weighted by molar-refractivity contribution is -0.127. The molecule has 0 saturated carbocycles. The normalized spacial score (nSPS) is 20.6. The molecule has 0 aliphatic carbocycles. The van der Waals surface area contributed by atoms with Crippen LogP contribution in [0.25, 0.3) is 0 Å². The Bertz CT molecular complexity index is 716. The van der Waals surface area contributed by atoms with Crippen LogP contribution >= 0.6 is 0 Å². The van der Waals surface area contributed by atoms with Crippen LogP contribution in [0.15, 0.2) is 54.6 Å². The van der Waals surface area contributed by atoms with Crippen LogP contribution in [0, 0.1) is 11.7 Å². The third kappa shape index (κ3) is 3.08. The number of amides is 2. The lowest BCUT2D eigenvalue weighted by Crippen LogP contribution is -2.30. The molecule has 5 heteroatoms. The fraction of sp³-hybridized carbons (Fsp3) is 0.222. The Morgan fingerprint density at radius 2 is 1.78 bits per heavy atom. The monoisotopic (exact) mass is 312 g/mol. The van der Waals surface area contributed by atoms with Crippen LogP contribution in [0.5, 0.6) is 0 Å². The highest BCUT2D eigenvalue weighted by Gasteiger charge is 2.42. The zero-order valence-corrected chi connectivity index (χ0v) is 12.7. The van der Waals surface area contributed by atoms with E-state index in [9.17, 15) is 14.0 Å². The van der Waals surface area contributed by atoms with Gasteiger partial charge in [-0.2, -0.15) is 0 Å². The number of nitrogens with zero attached hydrogens (tertiary/aromatic N) is 1. The second-order valence-electron chi connectivity index (χ2n) is 5.67. The topological polar surface area (TPSA) is 49.4 Å². The smallest absolute Gasteiger partial charge is 0.230 e. The van der Waals surface area contributed by atoms with E-state index in [2.05, 4.69) is 5.32 Å². The first-order valence-electron chi connectivity index (χ1n) is 7.43. The number of nitrogens with one attached hydrogen (secondary N) is 1. The maximum absolute atomic E-state index is 13.1. The van der Waals surface area contributed by atoms with Crippen molar-refractivity contribution in [3.8, 4) is 0 Å². The highest BCUT2D eigenvalue weighted by Crippen LogP contribution is 2.37. The molecular formula is C18H17FN2O2. The van der Waals surface area contributed by atoms with E-state index in [-0.39, 0.29) is 30.1 Å². The molecule has 118 valence electrons. The van der Waals surface area contributed by atoms with Crippen LogP contribution in [0.4, 0.5) is 10.1 Å². The fourth-order valence-corrected chi connectivity index (χ4v) is 2.98. The molecule has 2 amide bonds. The largest absolute Gasteiger partial charge is 0.338 e. The summed E-state index contributed by atoms with van der Waals surface area (Å²) in [4.78, 5) is 26.2. The van der Waals surface area contributed by atoms with Gasteiger partial charge < -0.3 is 10.2 Å². The first-order chi connectivity index (χ1) is 11.1. The molecule has 0 aromatic heterocycles. The number of anilines is 1. The van der Waals surface area contributed by atoms with Gasteiger partial charge in [-0.3, -0.25) is 9.59 Å². The van der Waals surface area contributed by atoms with Gasteiger partial charge in [0.2, 0.25) is 11.8 Å². The molecule has 1 aliphatic heterocycles. The van der Waals surface area contributed by atoms with Crippen LogP contribution in [0.2, 0.25) is 0 Å². The third-order valence-corrected chi connectivity index (χ3v) is 4.18. The maximum atomic E-state index is 13.1. The number of likely N-dealkylation sites (tertiary alicyclic amines) is 1. The maximum Gasteiger partial charge on any atom is 0.230 e. The van der Waals surface area contributed by atoms with Gasteiger partial charge in [0.25, 0.3) is 0 Å². The Hall–Kier alpha value is -2.69. The first-order valence-corrected chi connectivity index (χ1v) is 7.43. The number of carbonyl (C=O) groups is 2. The summed E-state index contributed by atoms with van der Waals surface area (Å²) in [6, 6.07) is 14.7. The molecule has 23 heavy (non-hydrogen) atoms. The second-order valence-corrected chi connectivity index (χ2v) is 5.67. The Kier molecular flexibility index (Phi) is 4.10. The number of halogens is 1. The Labute approximate surface area is 133 Å². The summed E-state index contributed by atoms with van der Waals surface area (Å²) < 4.78 is 13.1. The molecule has 1 saturated heterocycles. The van der Waals surface area contributed by atoms with Crippen molar-refractivity contribution < 1.29 is 14.0 Å². The molecule has 1 N–H and O–H groups in total. The molecule has 1 heterocycles. The number of hydrogen-bond donors (Lipinski definition) is 1. The van der Waals surface area contributed by atoms with Gasteiger partial charge in [-0.1, -0.05) is 30.3 Å². The van der Waals surface area contributed by atoms with Crippen LogP contribution in [0.1, 0.15) is 18.0 Å². The van der Waals surface area contributed by atoms with Crippen molar-refractivity contribution in [2.24, 2.45) is 5.92 Å². The van der Waals surface area contributed by atoms with Gasteiger partial charge >= 0.3 is 0 Å². The molecular weight excluding hydrogens is 295 g/mol. The van der Waals surface area contributed by atoms with E-state index in [1.54, 1.807) is 36.2 Å². The predicted molar refractivity (Wildman–Crippen MR) is 85.1 cm³/mol. The molecule has 2 atom stereocenters. The van der Waals surface area contributed by atoms with Crippen molar-refractivity contribution >= 4 is 17.5 Å². The van der Waals surface area contributed by atoms with Crippen molar-refractivity contribution in [3.63, 3.8) is 0 Å². The molecule has 4 nitrogen and oxygen atoms in total. The van der Waals surface area contributed by atoms with Gasteiger partial charge in [0.1, 0.15) is 5.82 Å². The quantitative estimate of drug-likeness (QED) is 0.947. The van der Waals surface area contributed by atoms with E-state index in [4.69, 9.17) is 0 Å². The van der Waals surface area contributed by atoms with E-state index >= 15 is 0 Å². The Morgan fingerprint density at radius 1 is 1.13 bits per heavy atom. The van der Waals surface area contributed by atoms with E-state index in [1.807, 2.05) is 18.2 Å². The minimum atomic E-state index is -0.502. The van der Waals surface area contributed by atoms with Crippen LogP contribution in [-0.2, 0) is 9.59 Å². The van der Waals surface area contributed by atoms with Gasteiger partial charge in [0.15, 0.2) is 0 Å². The van der Waals surface area contributed by atoms with Crippen molar-refractivity contribution in [3.05, 3.63) is 66.0 Å². The fourth-order valence-electron chi connectivity index (χ4n) is 2.98. The van der Waals surface area contributed by atoms with Gasteiger partial charge in [0, 0.05) is 19.2 Å². The van der Waals surface area contributed by atoms with Crippen molar-refractivity contribution in [1.29, 1.82) is 0 Å². The molecule has 2 aromatic carbocycles. The molecule has 0 bridgehead atoms. The standard InChI is InChI=1S/C18H17FN2O2/c1-21-16(22)11-15(17(21)12-7-9-13(19)10-8-12)18(23)20-14-5-3-2-4-6-14/h2-10,15,17H,11H2,1H3,(H,20,23)/t15-,17-/m0/s1. The zero-order valence-electron chi connectivity index (χ0n) is 12.7. The molecule has 0 unspecified atom stereocenters. The first kappa shape index (κ1) is 15.2. The Balaban J connectivity index is 1.85. The minimum absolute atomic E-state index is 0.0902. The van der Waals surface area contributed by atoms with Crippen LogP contribution < -0.4 is 5.32 Å². The highest BCUT2D eigenvalue weighted by molar-refractivity contribution is 5.97. The van der Waals surface area contributed by atoms with E-state index in [0.29, 0.717) is 5.69 Å². The summed E-state index contributed by atoms with van der Waals surface area (Å²) in [5, 5.41) is 2.84. The second kappa shape index (κ2) is 6.20. The lowest BCUT2D eigenvalue weighted by Gasteiger charge is -2.25. The highest BCUT2D eigenvalue weighted by atomic mass is 19.1. The molecule has 1 aliphatic rings.